The summed E-state index contributed by atoms with van der Waals surface area (Å²) in [6.45, 7) is 0.170. The molecule has 0 saturated carbocycles. The molecule has 38 heavy (non-hydrogen) atoms. The summed E-state index contributed by atoms with van der Waals surface area (Å²) in [6, 6.07) is 8.72. The Labute approximate surface area is 212 Å². The van der Waals surface area contributed by atoms with Gasteiger partial charge in [-0.1, -0.05) is 0 Å². The molecule has 1 aliphatic rings. The molecule has 1 unspecified atom stereocenters. The minimum atomic E-state index is -0.679. The molecule has 0 bridgehead atoms. The number of aromatic nitrogens is 8. The van der Waals surface area contributed by atoms with Gasteiger partial charge in [-0.25, -0.2) is 33.7 Å². The number of nitriles is 1. The van der Waals surface area contributed by atoms with Crippen LogP contribution in [0.15, 0.2) is 61.6 Å². The van der Waals surface area contributed by atoms with Gasteiger partial charge in [0, 0.05) is 18.8 Å². The Morgan fingerprint density at radius 3 is 2.66 bits per heavy atom. The number of nitrogens with zero attached hydrogens (tertiary/aromatic N) is 9. The molecule has 0 amide bonds. The van der Waals surface area contributed by atoms with Crippen LogP contribution in [0, 0.1) is 23.0 Å². The van der Waals surface area contributed by atoms with Gasteiger partial charge in [0.25, 0.3) is 0 Å². The fraction of sp³-hybridized carbons (Fsp3) is 0.115. The fourth-order valence-corrected chi connectivity index (χ4v) is 4.83. The molecule has 0 aliphatic carbocycles. The summed E-state index contributed by atoms with van der Waals surface area (Å²) >= 11 is 0. The van der Waals surface area contributed by atoms with Crippen LogP contribution < -0.4 is 4.74 Å². The van der Waals surface area contributed by atoms with E-state index in [1.807, 2.05) is 0 Å². The molecule has 10 nitrogen and oxygen atoms in total. The monoisotopic (exact) mass is 507 g/mol. The Hall–Kier alpha value is -5.31. The zero-order chi connectivity index (χ0) is 25.8. The molecule has 0 spiro atoms. The van der Waals surface area contributed by atoms with Gasteiger partial charge in [-0.05, 0) is 30.3 Å². The Morgan fingerprint density at radius 1 is 0.974 bits per heavy atom. The molecule has 184 valence electrons. The highest BCUT2D eigenvalue weighted by Crippen LogP contribution is 2.41. The zero-order valence-corrected chi connectivity index (χ0v) is 19.5. The summed E-state index contributed by atoms with van der Waals surface area (Å²) < 4.78 is 38.8. The highest BCUT2D eigenvalue weighted by molar-refractivity contribution is 5.80. The SMILES string of the molecule is N#Cc1ccc2ncn(-c3ncc4nc(-c5cncnc5)n(C5CCOc6c(F)ccc(F)c65)c4n3)c2c1. The maximum Gasteiger partial charge on any atom is 0.237 e. The third-order valence-electron chi connectivity index (χ3n) is 6.51. The molecule has 0 radical (unpaired) electrons. The van der Waals surface area contributed by atoms with E-state index in [1.54, 1.807) is 52.3 Å². The molecule has 1 atom stereocenters. The summed E-state index contributed by atoms with van der Waals surface area (Å²) in [6.07, 6.45) is 8.05. The number of fused-ring (bicyclic) bond motifs is 3. The average molecular weight is 507 g/mol. The summed E-state index contributed by atoms with van der Waals surface area (Å²) in [5.74, 6) is -0.664. The van der Waals surface area contributed by atoms with Crippen LogP contribution >= 0.6 is 0 Å². The van der Waals surface area contributed by atoms with Crippen molar-refractivity contribution >= 4 is 22.2 Å². The van der Waals surface area contributed by atoms with Gasteiger partial charge in [-0.15, -0.1) is 0 Å². The highest BCUT2D eigenvalue weighted by atomic mass is 19.1. The second kappa shape index (κ2) is 8.38. The number of hydrogen-bond acceptors (Lipinski definition) is 8. The van der Waals surface area contributed by atoms with E-state index in [0.717, 1.165) is 12.1 Å². The lowest BCUT2D eigenvalue weighted by molar-refractivity contribution is 0.240. The van der Waals surface area contributed by atoms with Crippen LogP contribution in [-0.2, 0) is 0 Å². The average Bonchev–Trinajstić information content (AvgIpc) is 3.56. The van der Waals surface area contributed by atoms with Crippen molar-refractivity contribution in [1.29, 1.82) is 5.26 Å². The topological polar surface area (TPSA) is 120 Å². The minimum Gasteiger partial charge on any atom is -0.490 e. The lowest BCUT2D eigenvalue weighted by Crippen LogP contribution is -2.23. The molecule has 12 heteroatoms. The second-order valence-electron chi connectivity index (χ2n) is 8.67. The predicted molar refractivity (Wildman–Crippen MR) is 130 cm³/mol. The molecule has 7 rings (SSSR count). The van der Waals surface area contributed by atoms with E-state index < -0.39 is 17.7 Å². The molecular weight excluding hydrogens is 492 g/mol. The van der Waals surface area contributed by atoms with Gasteiger partial charge in [-0.2, -0.15) is 10.2 Å². The second-order valence-corrected chi connectivity index (χ2v) is 8.67. The first-order valence-corrected chi connectivity index (χ1v) is 11.6. The van der Waals surface area contributed by atoms with Crippen LogP contribution in [0.4, 0.5) is 8.78 Å². The van der Waals surface area contributed by atoms with Gasteiger partial charge < -0.3 is 9.30 Å². The lowest BCUT2D eigenvalue weighted by atomic mass is 9.98. The van der Waals surface area contributed by atoms with E-state index in [9.17, 15) is 9.65 Å². The van der Waals surface area contributed by atoms with Gasteiger partial charge in [0.1, 0.15) is 29.8 Å². The Morgan fingerprint density at radius 2 is 1.82 bits per heavy atom. The van der Waals surface area contributed by atoms with Crippen LogP contribution in [0.3, 0.4) is 0 Å². The number of ether oxygens (including phenoxy) is 1. The van der Waals surface area contributed by atoms with Crippen LogP contribution in [0.2, 0.25) is 0 Å². The summed E-state index contributed by atoms with van der Waals surface area (Å²) in [7, 11) is 0. The van der Waals surface area contributed by atoms with Crippen molar-refractivity contribution in [2.24, 2.45) is 0 Å². The van der Waals surface area contributed by atoms with E-state index in [2.05, 4.69) is 26.0 Å². The molecule has 0 fully saturated rings. The maximum atomic E-state index is 15.2. The van der Waals surface area contributed by atoms with Crippen molar-refractivity contribution in [2.75, 3.05) is 6.61 Å². The molecule has 5 heterocycles. The van der Waals surface area contributed by atoms with E-state index in [0.29, 0.717) is 45.6 Å². The van der Waals surface area contributed by atoms with Crippen molar-refractivity contribution < 1.29 is 13.5 Å². The van der Waals surface area contributed by atoms with E-state index in [-0.39, 0.29) is 23.9 Å². The minimum absolute atomic E-state index is 0.0838. The first-order valence-electron chi connectivity index (χ1n) is 11.6. The summed E-state index contributed by atoms with van der Waals surface area (Å²) in [5.41, 5.74) is 3.28. The van der Waals surface area contributed by atoms with Crippen molar-refractivity contribution in [3.8, 4) is 29.2 Å². The number of halogens is 2. The van der Waals surface area contributed by atoms with Crippen LogP contribution in [0.25, 0.3) is 39.5 Å². The lowest BCUT2D eigenvalue weighted by Gasteiger charge is -2.29. The molecule has 6 aromatic rings. The van der Waals surface area contributed by atoms with Crippen LogP contribution in [0.1, 0.15) is 23.6 Å². The van der Waals surface area contributed by atoms with Gasteiger partial charge in [0.2, 0.25) is 5.95 Å². The Bertz CT molecular complexity index is 1910. The largest absolute Gasteiger partial charge is 0.490 e. The summed E-state index contributed by atoms with van der Waals surface area (Å²) in [5, 5.41) is 9.35. The molecule has 0 N–H and O–H groups in total. The highest BCUT2D eigenvalue weighted by Gasteiger charge is 2.33. The Kier molecular flexibility index (Phi) is 4.83. The number of imidazole rings is 2. The smallest absolute Gasteiger partial charge is 0.237 e. The van der Waals surface area contributed by atoms with Crippen LogP contribution in [0.5, 0.6) is 5.75 Å². The first kappa shape index (κ1) is 21.9. The van der Waals surface area contributed by atoms with Crippen molar-refractivity contribution in [3.05, 3.63) is 84.3 Å². The third-order valence-corrected chi connectivity index (χ3v) is 6.51. The third kappa shape index (κ3) is 3.29. The summed E-state index contributed by atoms with van der Waals surface area (Å²) in [4.78, 5) is 26.6. The Balaban J connectivity index is 1.50. The van der Waals surface area contributed by atoms with E-state index in [1.165, 1.54) is 6.33 Å². The van der Waals surface area contributed by atoms with Crippen molar-refractivity contribution in [1.82, 2.24) is 39.0 Å². The van der Waals surface area contributed by atoms with E-state index in [4.69, 9.17) is 14.7 Å². The standard InChI is InChI=1S/C26H15F2N9O/c27-16-2-3-17(28)23-22(16)20(5-6-38-23)37-24(15-9-30-12-31-10-15)34-19-11-32-26(35-25(19)37)36-13-33-18-4-1-14(8-29)7-21(18)36/h1-4,7,9-13,20H,5-6H2. The number of hydrogen-bond donors (Lipinski definition) is 0. The molecule has 2 aromatic carbocycles. The first-order chi connectivity index (χ1) is 18.6. The zero-order valence-electron chi connectivity index (χ0n) is 19.5. The molecule has 4 aromatic heterocycles. The molecule has 0 saturated heterocycles. The van der Waals surface area contributed by atoms with Gasteiger partial charge >= 0.3 is 0 Å². The van der Waals surface area contributed by atoms with Gasteiger partial charge in [0.15, 0.2) is 17.2 Å². The fourth-order valence-electron chi connectivity index (χ4n) is 4.83. The maximum absolute atomic E-state index is 15.2. The quantitative estimate of drug-likeness (QED) is 0.350. The molecular formula is C26H15F2N9O. The predicted octanol–water partition coefficient (Wildman–Crippen LogP) is 4.14. The van der Waals surface area contributed by atoms with Gasteiger partial charge in [0.05, 0.1) is 52.6 Å². The number of benzene rings is 2. The number of rotatable bonds is 3. The van der Waals surface area contributed by atoms with Crippen LogP contribution in [-0.4, -0.2) is 45.6 Å². The van der Waals surface area contributed by atoms with Crippen molar-refractivity contribution in [2.45, 2.75) is 12.5 Å². The van der Waals surface area contributed by atoms with Crippen molar-refractivity contribution in [3.63, 3.8) is 0 Å². The molecule has 1 aliphatic heterocycles. The van der Waals surface area contributed by atoms with Gasteiger partial charge in [-0.3, -0.25) is 4.57 Å². The normalized spacial score (nSPS) is 14.8. The van der Waals surface area contributed by atoms with E-state index >= 15 is 4.39 Å².